The Morgan fingerprint density at radius 2 is 1.35 bits per heavy atom. The lowest BCUT2D eigenvalue weighted by atomic mass is 10.0. The third kappa shape index (κ3) is 4.61. The van der Waals surface area contributed by atoms with Crippen LogP contribution in [-0.4, -0.2) is 10.7 Å². The minimum absolute atomic E-state index is 0.121. The largest absolute Gasteiger partial charge is 0.584 e. The molecule has 1 unspecified atom stereocenters. The van der Waals surface area contributed by atoms with Crippen LogP contribution in [0, 0.1) is 0 Å². The van der Waals surface area contributed by atoms with E-state index < -0.39 is 7.82 Å². The summed E-state index contributed by atoms with van der Waals surface area (Å²) in [7, 11) is -4.33. The molecule has 0 radical (unpaired) electrons. The van der Waals surface area contributed by atoms with Crippen molar-refractivity contribution >= 4 is 29.5 Å². The molecule has 0 aliphatic heterocycles. The van der Waals surface area contributed by atoms with Gasteiger partial charge in [-0.05, 0) is 48.5 Å². The summed E-state index contributed by atoms with van der Waals surface area (Å²) in [6.45, 7) is 0. The van der Waals surface area contributed by atoms with Gasteiger partial charge in [-0.3, -0.25) is 9.69 Å². The van der Waals surface area contributed by atoms with Crippen molar-refractivity contribution in [1.29, 1.82) is 0 Å². The molecule has 5 nitrogen and oxygen atoms in total. The summed E-state index contributed by atoms with van der Waals surface area (Å²) in [6, 6.07) is 21.3. The fourth-order valence-electron chi connectivity index (χ4n) is 2.23. The second kappa shape index (κ2) is 7.87. The quantitative estimate of drug-likeness (QED) is 0.425. The van der Waals surface area contributed by atoms with Gasteiger partial charge in [-0.1, -0.05) is 46.3 Å². The van der Waals surface area contributed by atoms with Crippen LogP contribution in [0.15, 0.2) is 83.3 Å². The lowest BCUT2D eigenvalue weighted by molar-refractivity contribution is 0.103. The Labute approximate surface area is 159 Å². The van der Waals surface area contributed by atoms with Gasteiger partial charge in [-0.2, -0.15) is 0 Å². The summed E-state index contributed by atoms with van der Waals surface area (Å²) in [5, 5.41) is 0. The van der Waals surface area contributed by atoms with Crippen LogP contribution in [0.2, 0.25) is 0 Å². The second-order valence-electron chi connectivity index (χ2n) is 5.30. The predicted molar refractivity (Wildman–Crippen MR) is 102 cm³/mol. The van der Waals surface area contributed by atoms with E-state index in [9.17, 15) is 14.3 Å². The van der Waals surface area contributed by atoms with Gasteiger partial charge in [0.2, 0.25) is 0 Å². The number of phosphoric acid groups is 1. The third-order valence-corrected chi connectivity index (χ3v) is 4.99. The molecule has 3 aromatic carbocycles. The molecule has 1 N–H and O–H groups in total. The maximum absolute atomic E-state index is 12.5. The molecule has 1 atom stereocenters. The first-order valence-electron chi connectivity index (χ1n) is 7.61. The second-order valence-corrected chi connectivity index (χ2v) is 7.45. The van der Waals surface area contributed by atoms with E-state index in [4.69, 9.17) is 9.05 Å². The lowest BCUT2D eigenvalue weighted by Gasteiger charge is -2.14. The maximum Gasteiger partial charge on any atom is 0.584 e. The van der Waals surface area contributed by atoms with E-state index in [1.165, 1.54) is 24.3 Å². The Bertz CT molecular complexity index is 957. The molecule has 0 fully saturated rings. The first kappa shape index (κ1) is 18.4. The number of hydrogen-bond acceptors (Lipinski definition) is 4. The number of carbonyl (C=O) groups is 1. The summed E-state index contributed by atoms with van der Waals surface area (Å²) in [6.07, 6.45) is 0. The topological polar surface area (TPSA) is 72.8 Å². The molecule has 0 saturated carbocycles. The van der Waals surface area contributed by atoms with Crippen LogP contribution < -0.4 is 9.05 Å². The van der Waals surface area contributed by atoms with Crippen LogP contribution in [0.1, 0.15) is 15.9 Å². The monoisotopic (exact) mass is 432 g/mol. The van der Waals surface area contributed by atoms with E-state index in [2.05, 4.69) is 15.9 Å². The fraction of sp³-hybridized carbons (Fsp3) is 0. The van der Waals surface area contributed by atoms with Crippen LogP contribution in [-0.2, 0) is 4.57 Å². The highest BCUT2D eigenvalue weighted by Gasteiger charge is 2.25. The van der Waals surface area contributed by atoms with Crippen molar-refractivity contribution in [3.63, 3.8) is 0 Å². The fourth-order valence-corrected chi connectivity index (χ4v) is 3.51. The van der Waals surface area contributed by atoms with E-state index in [1.54, 1.807) is 48.5 Å². The Balaban J connectivity index is 1.72. The summed E-state index contributed by atoms with van der Waals surface area (Å²) >= 11 is 3.35. The standard InChI is InChI=1S/C19H14BrO5P/c20-18-9-5-4-8-17(18)19(21)14-10-12-16(13-11-14)25-26(22,23)24-15-6-2-1-3-7-15/h1-13H,(H,22,23). The molecule has 0 saturated heterocycles. The summed E-state index contributed by atoms with van der Waals surface area (Å²) in [5.41, 5.74) is 0.961. The highest BCUT2D eigenvalue weighted by Crippen LogP contribution is 2.44. The van der Waals surface area contributed by atoms with Gasteiger partial charge in [0.25, 0.3) is 0 Å². The van der Waals surface area contributed by atoms with Crippen LogP contribution >= 0.6 is 23.8 Å². The molecule has 26 heavy (non-hydrogen) atoms. The van der Waals surface area contributed by atoms with E-state index in [-0.39, 0.29) is 17.3 Å². The zero-order valence-electron chi connectivity index (χ0n) is 13.4. The molecule has 0 aliphatic rings. The van der Waals surface area contributed by atoms with E-state index >= 15 is 0 Å². The summed E-state index contributed by atoms with van der Waals surface area (Å²) < 4.78 is 22.8. The van der Waals surface area contributed by atoms with Crippen molar-refractivity contribution < 1.29 is 23.3 Å². The molecular weight excluding hydrogens is 419 g/mol. The SMILES string of the molecule is O=C(c1ccc(OP(=O)(O)Oc2ccccc2)cc1)c1ccccc1Br. The van der Waals surface area contributed by atoms with Crippen molar-refractivity contribution in [3.8, 4) is 11.5 Å². The number of halogens is 1. The van der Waals surface area contributed by atoms with E-state index in [0.29, 0.717) is 15.6 Å². The summed E-state index contributed by atoms with van der Waals surface area (Å²) in [5.74, 6) is 0.172. The molecule has 0 spiro atoms. The molecule has 0 bridgehead atoms. The van der Waals surface area contributed by atoms with Crippen LogP contribution in [0.5, 0.6) is 11.5 Å². The minimum Gasteiger partial charge on any atom is -0.395 e. The van der Waals surface area contributed by atoms with Crippen molar-refractivity contribution in [2.24, 2.45) is 0 Å². The van der Waals surface area contributed by atoms with E-state index in [1.807, 2.05) is 6.07 Å². The number of benzene rings is 3. The Morgan fingerprint density at radius 1 is 0.808 bits per heavy atom. The molecule has 0 aliphatic carbocycles. The van der Waals surface area contributed by atoms with Gasteiger partial charge in [0.1, 0.15) is 11.5 Å². The van der Waals surface area contributed by atoms with Gasteiger partial charge in [0.05, 0.1) is 0 Å². The van der Waals surface area contributed by atoms with Gasteiger partial charge in [0.15, 0.2) is 5.78 Å². The van der Waals surface area contributed by atoms with Crippen molar-refractivity contribution in [3.05, 3.63) is 94.5 Å². The number of para-hydroxylation sites is 1. The van der Waals surface area contributed by atoms with Gasteiger partial charge in [-0.25, -0.2) is 4.57 Å². The molecule has 132 valence electrons. The highest BCUT2D eigenvalue weighted by molar-refractivity contribution is 9.10. The van der Waals surface area contributed by atoms with Crippen LogP contribution in [0.25, 0.3) is 0 Å². The van der Waals surface area contributed by atoms with Gasteiger partial charge in [0, 0.05) is 15.6 Å². The predicted octanol–water partition coefficient (Wildman–Crippen LogP) is 5.24. The zero-order valence-corrected chi connectivity index (χ0v) is 15.9. The number of carbonyl (C=O) groups excluding carboxylic acids is 1. The number of hydrogen-bond donors (Lipinski definition) is 1. The normalized spacial score (nSPS) is 12.8. The van der Waals surface area contributed by atoms with Gasteiger partial charge in [-0.15, -0.1) is 0 Å². The Kier molecular flexibility index (Phi) is 5.57. The van der Waals surface area contributed by atoms with Crippen molar-refractivity contribution in [1.82, 2.24) is 0 Å². The Hall–Kier alpha value is -2.40. The molecule has 0 heterocycles. The van der Waals surface area contributed by atoms with Crippen molar-refractivity contribution in [2.75, 3.05) is 0 Å². The zero-order chi connectivity index (χ0) is 18.6. The molecule has 0 amide bonds. The maximum atomic E-state index is 12.5. The van der Waals surface area contributed by atoms with Gasteiger partial charge >= 0.3 is 7.82 Å². The number of ketones is 1. The molecule has 7 heteroatoms. The first-order chi connectivity index (χ1) is 12.4. The van der Waals surface area contributed by atoms with E-state index in [0.717, 1.165) is 0 Å². The molecule has 0 aromatic heterocycles. The smallest absolute Gasteiger partial charge is 0.395 e. The highest BCUT2D eigenvalue weighted by atomic mass is 79.9. The average molecular weight is 433 g/mol. The van der Waals surface area contributed by atoms with Crippen molar-refractivity contribution in [2.45, 2.75) is 0 Å². The third-order valence-electron chi connectivity index (χ3n) is 3.42. The van der Waals surface area contributed by atoms with Gasteiger partial charge < -0.3 is 9.05 Å². The minimum atomic E-state index is -4.33. The molecule has 3 aromatic rings. The first-order valence-corrected chi connectivity index (χ1v) is 9.90. The van der Waals surface area contributed by atoms with Crippen LogP contribution in [0.4, 0.5) is 0 Å². The Morgan fingerprint density at radius 3 is 1.96 bits per heavy atom. The average Bonchev–Trinajstić information content (AvgIpc) is 2.62. The number of phosphoric ester groups is 1. The lowest BCUT2D eigenvalue weighted by Crippen LogP contribution is -2.03. The number of rotatable bonds is 6. The molecular formula is C19H14BrO5P. The molecule has 3 rings (SSSR count). The summed E-state index contributed by atoms with van der Waals surface area (Å²) in [4.78, 5) is 22.4. The van der Waals surface area contributed by atoms with Crippen LogP contribution in [0.3, 0.4) is 0 Å².